The van der Waals surface area contributed by atoms with E-state index < -0.39 is 6.04 Å². The number of nitrogens with zero attached hydrogens (tertiary/aromatic N) is 1. The SMILES string of the molecule is C[C@@H](NC(=O)c1ccc(Br)s1)C(=O)Nc1ccncc1. The lowest BCUT2D eigenvalue weighted by Crippen LogP contribution is -2.41. The molecule has 2 aromatic heterocycles. The molecule has 0 bridgehead atoms. The number of rotatable bonds is 4. The van der Waals surface area contributed by atoms with Crippen LogP contribution in [-0.2, 0) is 4.79 Å². The monoisotopic (exact) mass is 353 g/mol. The molecule has 104 valence electrons. The van der Waals surface area contributed by atoms with Crippen LogP contribution in [-0.4, -0.2) is 22.8 Å². The highest BCUT2D eigenvalue weighted by Crippen LogP contribution is 2.21. The summed E-state index contributed by atoms with van der Waals surface area (Å²) in [6.07, 6.45) is 3.17. The van der Waals surface area contributed by atoms with Gasteiger partial charge in [-0.25, -0.2) is 0 Å². The Bertz CT molecular complexity index is 615. The van der Waals surface area contributed by atoms with Gasteiger partial charge in [-0.1, -0.05) is 0 Å². The van der Waals surface area contributed by atoms with E-state index in [9.17, 15) is 9.59 Å². The minimum atomic E-state index is -0.628. The van der Waals surface area contributed by atoms with Crippen LogP contribution < -0.4 is 10.6 Å². The summed E-state index contributed by atoms with van der Waals surface area (Å²) in [7, 11) is 0. The predicted molar refractivity (Wildman–Crippen MR) is 81.8 cm³/mol. The Kier molecular flexibility index (Phi) is 4.86. The van der Waals surface area contributed by atoms with Gasteiger partial charge in [0.25, 0.3) is 5.91 Å². The molecule has 2 N–H and O–H groups in total. The Morgan fingerprint density at radius 1 is 1.25 bits per heavy atom. The Morgan fingerprint density at radius 2 is 1.95 bits per heavy atom. The molecule has 0 radical (unpaired) electrons. The van der Waals surface area contributed by atoms with E-state index in [0.29, 0.717) is 10.6 Å². The van der Waals surface area contributed by atoms with Crippen molar-refractivity contribution < 1.29 is 9.59 Å². The maximum Gasteiger partial charge on any atom is 0.262 e. The maximum absolute atomic E-state index is 11.9. The molecule has 1 atom stereocenters. The summed E-state index contributed by atoms with van der Waals surface area (Å²) >= 11 is 4.61. The second-order valence-corrected chi connectivity index (χ2v) is 6.49. The first-order valence-corrected chi connectivity index (χ1v) is 7.44. The van der Waals surface area contributed by atoms with E-state index in [4.69, 9.17) is 0 Å². The minimum Gasteiger partial charge on any atom is -0.340 e. The Morgan fingerprint density at radius 3 is 2.55 bits per heavy atom. The first kappa shape index (κ1) is 14.7. The number of carbonyl (C=O) groups is 2. The number of thiophene rings is 1. The number of hydrogen-bond donors (Lipinski definition) is 2. The predicted octanol–water partition coefficient (Wildman–Crippen LogP) is 2.66. The summed E-state index contributed by atoms with van der Waals surface area (Å²) in [5.74, 6) is -0.543. The van der Waals surface area contributed by atoms with Crippen LogP contribution in [0.25, 0.3) is 0 Å². The van der Waals surface area contributed by atoms with Crippen molar-refractivity contribution in [1.82, 2.24) is 10.3 Å². The average Bonchev–Trinajstić information content (AvgIpc) is 2.86. The number of hydrogen-bond acceptors (Lipinski definition) is 4. The molecule has 20 heavy (non-hydrogen) atoms. The summed E-state index contributed by atoms with van der Waals surface area (Å²) in [6, 6.07) is 6.24. The maximum atomic E-state index is 11.9. The molecule has 2 aromatic rings. The van der Waals surface area contributed by atoms with Crippen LogP contribution in [0.1, 0.15) is 16.6 Å². The zero-order valence-corrected chi connectivity index (χ0v) is 13.0. The number of aromatic nitrogens is 1. The highest BCUT2D eigenvalue weighted by molar-refractivity contribution is 9.11. The lowest BCUT2D eigenvalue weighted by molar-refractivity contribution is -0.117. The van der Waals surface area contributed by atoms with Gasteiger partial charge >= 0.3 is 0 Å². The van der Waals surface area contributed by atoms with E-state index in [-0.39, 0.29) is 11.8 Å². The molecule has 0 aromatic carbocycles. The molecule has 0 aliphatic rings. The van der Waals surface area contributed by atoms with Gasteiger partial charge in [0, 0.05) is 18.1 Å². The van der Waals surface area contributed by atoms with Gasteiger partial charge in [-0.05, 0) is 47.1 Å². The number of carbonyl (C=O) groups excluding carboxylic acids is 2. The summed E-state index contributed by atoms with van der Waals surface area (Å²) < 4.78 is 0.872. The van der Waals surface area contributed by atoms with Crippen LogP contribution in [0.2, 0.25) is 0 Å². The molecule has 0 aliphatic carbocycles. The molecule has 2 heterocycles. The lowest BCUT2D eigenvalue weighted by atomic mass is 10.3. The van der Waals surface area contributed by atoms with Gasteiger partial charge < -0.3 is 10.6 Å². The van der Waals surface area contributed by atoms with Crippen LogP contribution in [0.5, 0.6) is 0 Å². The van der Waals surface area contributed by atoms with Gasteiger partial charge in [0.1, 0.15) is 6.04 Å². The molecular weight excluding hydrogens is 342 g/mol. The van der Waals surface area contributed by atoms with Crippen LogP contribution in [0.3, 0.4) is 0 Å². The van der Waals surface area contributed by atoms with Gasteiger partial charge in [-0.2, -0.15) is 0 Å². The average molecular weight is 354 g/mol. The molecule has 0 spiro atoms. The van der Waals surface area contributed by atoms with Gasteiger partial charge in [-0.3, -0.25) is 14.6 Å². The zero-order valence-electron chi connectivity index (χ0n) is 10.6. The fraction of sp³-hybridized carbons (Fsp3) is 0.154. The standard InChI is InChI=1S/C13H12BrN3O2S/c1-8(12(18)17-9-4-6-15-7-5-9)16-13(19)10-2-3-11(14)20-10/h2-8H,1H3,(H,16,19)(H,15,17,18)/t8-/m1/s1. The van der Waals surface area contributed by atoms with E-state index in [2.05, 4.69) is 31.5 Å². The van der Waals surface area contributed by atoms with Crippen LogP contribution in [0.4, 0.5) is 5.69 Å². The van der Waals surface area contributed by atoms with E-state index >= 15 is 0 Å². The summed E-state index contributed by atoms with van der Waals surface area (Å²) in [5.41, 5.74) is 0.643. The summed E-state index contributed by atoms with van der Waals surface area (Å²) in [4.78, 5) is 28.3. The Balaban J connectivity index is 1.93. The molecule has 0 unspecified atom stereocenters. The molecule has 0 saturated carbocycles. The van der Waals surface area contributed by atoms with Crippen molar-refractivity contribution >= 4 is 44.8 Å². The third-order valence-electron chi connectivity index (χ3n) is 2.49. The Hall–Kier alpha value is -1.73. The zero-order chi connectivity index (χ0) is 14.5. The van der Waals surface area contributed by atoms with E-state index in [0.717, 1.165) is 3.79 Å². The van der Waals surface area contributed by atoms with Crippen molar-refractivity contribution in [2.45, 2.75) is 13.0 Å². The van der Waals surface area contributed by atoms with Crippen LogP contribution >= 0.6 is 27.3 Å². The van der Waals surface area contributed by atoms with Crippen molar-refractivity contribution in [3.63, 3.8) is 0 Å². The molecule has 0 fully saturated rings. The first-order chi connectivity index (χ1) is 9.56. The summed E-state index contributed by atoms with van der Waals surface area (Å²) in [5, 5.41) is 5.36. The third kappa shape index (κ3) is 3.88. The van der Waals surface area contributed by atoms with Gasteiger partial charge in [0.15, 0.2) is 0 Å². The Labute approximate surface area is 128 Å². The topological polar surface area (TPSA) is 71.1 Å². The van der Waals surface area contributed by atoms with Crippen LogP contribution in [0.15, 0.2) is 40.4 Å². The first-order valence-electron chi connectivity index (χ1n) is 5.83. The molecule has 0 aliphatic heterocycles. The number of anilines is 1. The normalized spacial score (nSPS) is 11.7. The number of halogens is 1. The third-order valence-corrected chi connectivity index (χ3v) is 4.11. The highest BCUT2D eigenvalue weighted by atomic mass is 79.9. The minimum absolute atomic E-state index is 0.266. The molecule has 2 amide bonds. The van der Waals surface area contributed by atoms with Gasteiger partial charge in [0.05, 0.1) is 8.66 Å². The molecule has 7 heteroatoms. The molecular formula is C13H12BrN3O2S. The van der Waals surface area contributed by atoms with Gasteiger partial charge in [-0.15, -0.1) is 11.3 Å². The second-order valence-electron chi connectivity index (χ2n) is 4.02. The van der Waals surface area contributed by atoms with Crippen molar-refractivity contribution in [2.24, 2.45) is 0 Å². The second kappa shape index (κ2) is 6.62. The summed E-state index contributed by atoms with van der Waals surface area (Å²) in [6.45, 7) is 1.64. The van der Waals surface area contributed by atoms with Crippen molar-refractivity contribution in [3.8, 4) is 0 Å². The van der Waals surface area contributed by atoms with E-state index in [1.54, 1.807) is 43.6 Å². The van der Waals surface area contributed by atoms with Crippen molar-refractivity contribution in [1.29, 1.82) is 0 Å². The largest absolute Gasteiger partial charge is 0.340 e. The fourth-order valence-electron chi connectivity index (χ4n) is 1.46. The molecule has 2 rings (SSSR count). The lowest BCUT2D eigenvalue weighted by Gasteiger charge is -2.13. The van der Waals surface area contributed by atoms with E-state index in [1.165, 1.54) is 11.3 Å². The van der Waals surface area contributed by atoms with Gasteiger partial charge in [0.2, 0.25) is 5.91 Å². The number of amides is 2. The number of pyridine rings is 1. The van der Waals surface area contributed by atoms with Crippen molar-refractivity contribution in [3.05, 3.63) is 45.3 Å². The quantitative estimate of drug-likeness (QED) is 0.887. The van der Waals surface area contributed by atoms with Crippen LogP contribution in [0, 0.1) is 0 Å². The van der Waals surface area contributed by atoms with Crippen molar-refractivity contribution in [2.75, 3.05) is 5.32 Å². The smallest absolute Gasteiger partial charge is 0.262 e. The highest BCUT2D eigenvalue weighted by Gasteiger charge is 2.17. The fourth-order valence-corrected chi connectivity index (χ4v) is 2.74. The molecule has 5 nitrogen and oxygen atoms in total. The number of nitrogens with one attached hydrogen (secondary N) is 2. The van der Waals surface area contributed by atoms with E-state index in [1.807, 2.05) is 0 Å². The molecule has 0 saturated heterocycles.